The molecule has 0 saturated carbocycles. The van der Waals surface area contributed by atoms with E-state index in [1.807, 2.05) is 19.1 Å². The highest BCUT2D eigenvalue weighted by atomic mass is 16.1. The first-order valence-electron chi connectivity index (χ1n) is 7.23. The van der Waals surface area contributed by atoms with Crippen molar-refractivity contribution < 1.29 is 4.79 Å². The van der Waals surface area contributed by atoms with E-state index in [-0.39, 0.29) is 12.3 Å². The van der Waals surface area contributed by atoms with Crippen molar-refractivity contribution >= 4 is 17.3 Å². The van der Waals surface area contributed by atoms with Gasteiger partial charge in [0.05, 0.1) is 17.4 Å². The number of amides is 1. The van der Waals surface area contributed by atoms with Gasteiger partial charge < -0.3 is 10.2 Å². The Bertz CT molecular complexity index is 511. The van der Waals surface area contributed by atoms with Crippen LogP contribution in [0, 0.1) is 18.3 Å². The van der Waals surface area contributed by atoms with Crippen LogP contribution in [0.2, 0.25) is 0 Å². The first-order valence-corrected chi connectivity index (χ1v) is 7.23. The Labute approximate surface area is 120 Å². The largest absolute Gasteiger partial charge is 0.370 e. The summed E-state index contributed by atoms with van der Waals surface area (Å²) in [5.41, 5.74) is 3.01. The number of anilines is 2. The standard InChI is InChI=1S/C16H21N3O/c1-13-6-7-15(19-10-4-2-3-5-11-19)14(12-13)18-16(20)8-9-17/h6-7,12H,2-5,8,10-11H2,1H3,(H,18,20). The van der Waals surface area contributed by atoms with Crippen LogP contribution in [0.15, 0.2) is 18.2 Å². The maximum absolute atomic E-state index is 11.7. The maximum atomic E-state index is 11.7. The molecular formula is C16H21N3O. The molecule has 0 unspecified atom stereocenters. The number of carbonyl (C=O) groups excluding carboxylic acids is 1. The molecule has 1 aromatic rings. The van der Waals surface area contributed by atoms with Crippen LogP contribution >= 0.6 is 0 Å². The van der Waals surface area contributed by atoms with Gasteiger partial charge in [0.2, 0.25) is 5.91 Å². The molecule has 0 spiro atoms. The van der Waals surface area contributed by atoms with Gasteiger partial charge >= 0.3 is 0 Å². The van der Waals surface area contributed by atoms with E-state index in [0.717, 1.165) is 30.0 Å². The van der Waals surface area contributed by atoms with Gasteiger partial charge in [0, 0.05) is 13.1 Å². The van der Waals surface area contributed by atoms with E-state index in [2.05, 4.69) is 22.3 Å². The van der Waals surface area contributed by atoms with Crippen LogP contribution in [-0.2, 0) is 4.79 Å². The lowest BCUT2D eigenvalue weighted by Gasteiger charge is -2.25. The van der Waals surface area contributed by atoms with Gasteiger partial charge in [0.1, 0.15) is 6.42 Å². The predicted molar refractivity (Wildman–Crippen MR) is 80.7 cm³/mol. The first-order chi connectivity index (χ1) is 9.70. The highest BCUT2D eigenvalue weighted by molar-refractivity contribution is 5.95. The molecule has 20 heavy (non-hydrogen) atoms. The smallest absolute Gasteiger partial charge is 0.238 e. The van der Waals surface area contributed by atoms with E-state index < -0.39 is 0 Å². The number of benzene rings is 1. The quantitative estimate of drug-likeness (QED) is 0.918. The van der Waals surface area contributed by atoms with Crippen LogP contribution in [-0.4, -0.2) is 19.0 Å². The molecule has 4 heteroatoms. The Hall–Kier alpha value is -2.02. The molecule has 0 aromatic heterocycles. The minimum absolute atomic E-state index is 0.104. The van der Waals surface area contributed by atoms with Crippen LogP contribution in [0.4, 0.5) is 11.4 Å². The molecule has 1 N–H and O–H groups in total. The second kappa shape index (κ2) is 6.95. The zero-order valence-electron chi connectivity index (χ0n) is 12.0. The molecule has 2 rings (SSSR count). The van der Waals surface area contributed by atoms with Crippen molar-refractivity contribution in [1.82, 2.24) is 0 Å². The van der Waals surface area contributed by atoms with Crippen molar-refractivity contribution in [2.24, 2.45) is 0 Å². The molecule has 1 aliphatic rings. The number of carbonyl (C=O) groups is 1. The van der Waals surface area contributed by atoms with Gasteiger partial charge in [-0.1, -0.05) is 18.9 Å². The summed E-state index contributed by atoms with van der Waals surface area (Å²) >= 11 is 0. The molecular weight excluding hydrogens is 250 g/mol. The summed E-state index contributed by atoms with van der Waals surface area (Å²) in [4.78, 5) is 14.0. The van der Waals surface area contributed by atoms with Gasteiger partial charge in [-0.15, -0.1) is 0 Å². The molecule has 0 atom stereocenters. The lowest BCUT2D eigenvalue weighted by atomic mass is 10.1. The van der Waals surface area contributed by atoms with Crippen molar-refractivity contribution in [3.8, 4) is 6.07 Å². The Kier molecular flexibility index (Phi) is 5.00. The lowest BCUT2D eigenvalue weighted by molar-refractivity contribution is -0.115. The zero-order chi connectivity index (χ0) is 14.4. The highest BCUT2D eigenvalue weighted by Gasteiger charge is 2.15. The van der Waals surface area contributed by atoms with Crippen molar-refractivity contribution in [3.63, 3.8) is 0 Å². The Morgan fingerprint density at radius 1 is 1.30 bits per heavy atom. The molecule has 1 aromatic carbocycles. The number of nitrogens with zero attached hydrogens (tertiary/aromatic N) is 2. The van der Waals surface area contributed by atoms with Crippen LogP contribution < -0.4 is 10.2 Å². The number of nitrogens with one attached hydrogen (secondary N) is 1. The first kappa shape index (κ1) is 14.4. The lowest BCUT2D eigenvalue weighted by Crippen LogP contribution is -2.25. The second-order valence-electron chi connectivity index (χ2n) is 5.30. The molecule has 106 valence electrons. The molecule has 4 nitrogen and oxygen atoms in total. The fourth-order valence-electron chi connectivity index (χ4n) is 2.60. The molecule has 1 fully saturated rings. The Morgan fingerprint density at radius 3 is 2.65 bits per heavy atom. The van der Waals surface area contributed by atoms with Crippen LogP contribution in [0.3, 0.4) is 0 Å². The summed E-state index contributed by atoms with van der Waals surface area (Å²) in [5.74, 6) is -0.242. The van der Waals surface area contributed by atoms with Crippen LogP contribution in [0.1, 0.15) is 37.7 Å². The summed E-state index contributed by atoms with van der Waals surface area (Å²) in [6.45, 7) is 4.07. The molecule has 1 heterocycles. The number of rotatable bonds is 3. The van der Waals surface area contributed by atoms with E-state index in [0.29, 0.717) is 0 Å². The minimum Gasteiger partial charge on any atom is -0.370 e. The van der Waals surface area contributed by atoms with E-state index in [9.17, 15) is 4.79 Å². The average molecular weight is 271 g/mol. The summed E-state index contributed by atoms with van der Waals surface area (Å²) in [6.07, 6.45) is 4.84. The van der Waals surface area contributed by atoms with Crippen molar-refractivity contribution in [3.05, 3.63) is 23.8 Å². The normalized spacial score (nSPS) is 15.3. The minimum atomic E-state index is -0.242. The Balaban J connectivity index is 2.22. The molecule has 1 aliphatic heterocycles. The van der Waals surface area contributed by atoms with Gasteiger partial charge in [-0.05, 0) is 37.5 Å². The van der Waals surface area contributed by atoms with E-state index in [4.69, 9.17) is 5.26 Å². The van der Waals surface area contributed by atoms with Crippen LogP contribution in [0.25, 0.3) is 0 Å². The molecule has 0 aliphatic carbocycles. The third-order valence-corrected chi connectivity index (χ3v) is 3.61. The fraction of sp³-hybridized carbons (Fsp3) is 0.500. The van der Waals surface area contributed by atoms with Gasteiger partial charge in [-0.2, -0.15) is 5.26 Å². The topological polar surface area (TPSA) is 56.1 Å². The fourth-order valence-corrected chi connectivity index (χ4v) is 2.60. The Morgan fingerprint density at radius 2 is 2.00 bits per heavy atom. The highest BCUT2D eigenvalue weighted by Crippen LogP contribution is 2.29. The molecule has 1 saturated heterocycles. The van der Waals surface area contributed by atoms with Gasteiger partial charge in [-0.3, -0.25) is 4.79 Å². The number of hydrogen-bond acceptors (Lipinski definition) is 3. The van der Waals surface area contributed by atoms with Gasteiger partial charge in [-0.25, -0.2) is 0 Å². The molecule has 0 bridgehead atoms. The number of aryl methyl sites for hydroxylation is 1. The number of nitriles is 1. The predicted octanol–water partition coefficient (Wildman–Crippen LogP) is 3.23. The maximum Gasteiger partial charge on any atom is 0.238 e. The molecule has 1 amide bonds. The van der Waals surface area contributed by atoms with Crippen LogP contribution in [0.5, 0.6) is 0 Å². The molecule has 0 radical (unpaired) electrons. The van der Waals surface area contributed by atoms with E-state index >= 15 is 0 Å². The van der Waals surface area contributed by atoms with Crippen molar-refractivity contribution in [2.75, 3.05) is 23.3 Å². The van der Waals surface area contributed by atoms with E-state index in [1.165, 1.54) is 25.7 Å². The summed E-state index contributed by atoms with van der Waals surface area (Å²) in [7, 11) is 0. The third-order valence-electron chi connectivity index (χ3n) is 3.61. The van der Waals surface area contributed by atoms with Gasteiger partial charge in [0.25, 0.3) is 0 Å². The number of hydrogen-bond donors (Lipinski definition) is 1. The summed E-state index contributed by atoms with van der Waals surface area (Å²) < 4.78 is 0. The third kappa shape index (κ3) is 3.74. The average Bonchev–Trinajstić information content (AvgIpc) is 2.68. The summed E-state index contributed by atoms with van der Waals surface area (Å²) in [5, 5.41) is 11.5. The van der Waals surface area contributed by atoms with Gasteiger partial charge in [0.15, 0.2) is 0 Å². The zero-order valence-corrected chi connectivity index (χ0v) is 12.0. The second-order valence-corrected chi connectivity index (χ2v) is 5.30. The summed E-state index contributed by atoms with van der Waals surface area (Å²) in [6, 6.07) is 8.01. The van der Waals surface area contributed by atoms with E-state index in [1.54, 1.807) is 0 Å². The van der Waals surface area contributed by atoms with Crippen molar-refractivity contribution in [1.29, 1.82) is 5.26 Å². The SMILES string of the molecule is Cc1ccc(N2CCCCCC2)c(NC(=O)CC#N)c1. The van der Waals surface area contributed by atoms with Crippen molar-refractivity contribution in [2.45, 2.75) is 39.0 Å². The monoisotopic (exact) mass is 271 g/mol.